The summed E-state index contributed by atoms with van der Waals surface area (Å²) >= 11 is 0. The average Bonchev–Trinajstić information content (AvgIpc) is 3.19. The van der Waals surface area contributed by atoms with Crippen LogP contribution in [0.5, 0.6) is 17.2 Å². The maximum atomic E-state index is 13.4. The molecule has 2 aliphatic heterocycles. The number of carbonyl (C=O) groups excluding carboxylic acids is 1. The molecule has 3 aromatic rings. The Morgan fingerprint density at radius 1 is 1.17 bits per heavy atom. The summed E-state index contributed by atoms with van der Waals surface area (Å²) in [6.07, 6.45) is 0.346. The zero-order chi connectivity index (χ0) is 25.9. The lowest BCUT2D eigenvalue weighted by Crippen LogP contribution is -2.30. The minimum absolute atomic E-state index is 0.0823. The smallest absolute Gasteiger partial charge is 0.314 e. The van der Waals surface area contributed by atoms with Gasteiger partial charge in [-0.1, -0.05) is 32.6 Å². The Labute approximate surface area is 210 Å². The zero-order valence-corrected chi connectivity index (χ0v) is 22.7. The van der Waals surface area contributed by atoms with Crippen LogP contribution in [-0.4, -0.2) is 42.9 Å². The Bertz CT molecular complexity index is 1470. The van der Waals surface area contributed by atoms with E-state index in [0.29, 0.717) is 29.3 Å². The molecule has 1 N–H and O–H groups in total. The number of aliphatic hydroxyl groups is 1. The Kier molecular flexibility index (Phi) is 5.95. The van der Waals surface area contributed by atoms with Gasteiger partial charge in [-0.15, -0.1) is 0 Å². The molecule has 8 nitrogen and oxygen atoms in total. The maximum Gasteiger partial charge on any atom is 0.314 e. The normalized spacial score (nSPS) is 16.4. The van der Waals surface area contributed by atoms with Crippen LogP contribution in [0, 0.1) is 0 Å². The highest BCUT2D eigenvalue weighted by Crippen LogP contribution is 2.45. The number of ether oxygens (including phenoxy) is 3. The molecule has 0 saturated carbocycles. The van der Waals surface area contributed by atoms with Crippen molar-refractivity contribution >= 4 is 24.9 Å². The van der Waals surface area contributed by atoms with E-state index in [1.165, 1.54) is 5.56 Å². The largest absolute Gasteiger partial charge is 0.493 e. The summed E-state index contributed by atoms with van der Waals surface area (Å²) in [5.74, 6) is 0.644. The van der Waals surface area contributed by atoms with Crippen LogP contribution < -0.4 is 19.8 Å². The van der Waals surface area contributed by atoms with E-state index in [1.54, 1.807) is 24.9 Å². The van der Waals surface area contributed by atoms with Crippen molar-refractivity contribution in [1.29, 1.82) is 0 Å². The molecule has 4 heterocycles. The van der Waals surface area contributed by atoms with Crippen molar-refractivity contribution < 1.29 is 24.1 Å². The van der Waals surface area contributed by atoms with Gasteiger partial charge in [-0.05, 0) is 24.5 Å². The van der Waals surface area contributed by atoms with E-state index in [-0.39, 0.29) is 12.2 Å². The van der Waals surface area contributed by atoms with Gasteiger partial charge in [0.15, 0.2) is 11.5 Å². The molecule has 1 atom stereocenters. The number of carbonyl (C=O) groups is 1. The van der Waals surface area contributed by atoms with Crippen LogP contribution in [0.3, 0.4) is 0 Å². The zero-order valence-electron chi connectivity index (χ0n) is 21.7. The van der Waals surface area contributed by atoms with E-state index in [1.807, 2.05) is 6.07 Å². The number of hydrogen-bond donors (Lipinski definition) is 1. The minimum atomic E-state index is -1.39. The number of benzene rings is 1. The van der Waals surface area contributed by atoms with Crippen molar-refractivity contribution in [2.24, 2.45) is 0 Å². The molecule has 0 spiro atoms. The van der Waals surface area contributed by atoms with Gasteiger partial charge >= 0.3 is 5.97 Å². The summed E-state index contributed by atoms with van der Waals surface area (Å²) in [5.41, 5.74) is 5.29. The number of hydrogen-bond acceptors (Lipinski definition) is 7. The molecule has 0 amide bonds. The van der Waals surface area contributed by atoms with Crippen molar-refractivity contribution in [3.8, 4) is 28.6 Å². The van der Waals surface area contributed by atoms with Crippen LogP contribution in [0.4, 0.5) is 0 Å². The lowest BCUT2D eigenvalue weighted by molar-refractivity contribution is -0.138. The third-order valence-electron chi connectivity index (χ3n) is 7.19. The summed E-state index contributed by atoms with van der Waals surface area (Å²) in [7, 11) is 1.88. The first-order valence-corrected chi connectivity index (χ1v) is 16.0. The molecule has 0 fully saturated rings. The molecule has 190 valence electrons. The van der Waals surface area contributed by atoms with Gasteiger partial charge in [-0.25, -0.2) is 4.98 Å². The van der Waals surface area contributed by atoms with Gasteiger partial charge in [0, 0.05) is 36.2 Å². The molecule has 36 heavy (non-hydrogen) atoms. The lowest BCUT2D eigenvalue weighted by atomic mass is 9.93. The van der Waals surface area contributed by atoms with Crippen LogP contribution in [0.2, 0.25) is 25.7 Å². The quantitative estimate of drug-likeness (QED) is 0.307. The first-order valence-electron chi connectivity index (χ1n) is 12.3. The number of pyridine rings is 2. The number of methoxy groups -OCH3 is 2. The number of esters is 1. The van der Waals surface area contributed by atoms with Crippen LogP contribution in [-0.2, 0) is 24.2 Å². The predicted molar refractivity (Wildman–Crippen MR) is 140 cm³/mol. The summed E-state index contributed by atoms with van der Waals surface area (Å²) in [6, 6.07) is 4.73. The predicted octanol–water partition coefficient (Wildman–Crippen LogP) is 4.23. The maximum absolute atomic E-state index is 13.4. The molecule has 2 aromatic heterocycles. The van der Waals surface area contributed by atoms with E-state index < -0.39 is 25.7 Å². The molecule has 0 unspecified atom stereocenters. The molecule has 0 bridgehead atoms. The lowest BCUT2D eigenvalue weighted by Gasteiger charge is -2.22. The number of aliphatic hydroxyl groups excluding tert-OH is 1. The molecular formula is C27H32N2O6Si. The fraction of sp³-hybridized carbons (Fsp3) is 0.444. The molecule has 1 aromatic carbocycles. The number of aromatic nitrogens is 2. The highest BCUT2D eigenvalue weighted by atomic mass is 28.3. The van der Waals surface area contributed by atoms with Crippen molar-refractivity contribution in [3.63, 3.8) is 0 Å². The van der Waals surface area contributed by atoms with Gasteiger partial charge in [0.05, 0.1) is 50.2 Å². The Hall–Kier alpha value is -3.17. The summed E-state index contributed by atoms with van der Waals surface area (Å²) in [6.45, 7) is 9.49. The fourth-order valence-electron chi connectivity index (χ4n) is 5.39. The highest BCUT2D eigenvalue weighted by molar-refractivity contribution is 6.76. The first kappa shape index (κ1) is 24.5. The van der Waals surface area contributed by atoms with Crippen molar-refractivity contribution in [1.82, 2.24) is 9.55 Å². The van der Waals surface area contributed by atoms with E-state index in [4.69, 9.17) is 19.2 Å². The second kappa shape index (κ2) is 8.74. The van der Waals surface area contributed by atoms with Gasteiger partial charge in [-0.2, -0.15) is 0 Å². The number of nitrogens with zero attached hydrogens (tertiary/aromatic N) is 2. The molecular weight excluding hydrogens is 476 g/mol. The molecule has 2 aliphatic rings. The molecule has 9 heteroatoms. The third kappa shape index (κ3) is 3.81. The Balaban J connectivity index is 1.83. The van der Waals surface area contributed by atoms with Gasteiger partial charge in [-0.3, -0.25) is 14.2 Å². The molecule has 5 rings (SSSR count). The monoisotopic (exact) mass is 508 g/mol. The fourth-order valence-corrected chi connectivity index (χ4v) is 6.39. The second-order valence-electron chi connectivity index (χ2n) is 10.7. The number of rotatable bonds is 6. The first-order chi connectivity index (χ1) is 17.1. The molecule has 0 radical (unpaired) electrons. The van der Waals surface area contributed by atoms with Crippen LogP contribution in [0.1, 0.15) is 41.7 Å². The summed E-state index contributed by atoms with van der Waals surface area (Å²) in [5, 5.41) is 11.6. The van der Waals surface area contributed by atoms with Gasteiger partial charge in [0.2, 0.25) is 5.75 Å². The summed E-state index contributed by atoms with van der Waals surface area (Å²) in [4.78, 5) is 30.4. The second-order valence-corrected chi connectivity index (χ2v) is 16.3. The third-order valence-corrected chi connectivity index (χ3v) is 8.94. The van der Waals surface area contributed by atoms with Crippen molar-refractivity contribution in [3.05, 3.63) is 44.7 Å². The van der Waals surface area contributed by atoms with Gasteiger partial charge < -0.3 is 19.3 Å². The molecule has 0 aliphatic carbocycles. The van der Waals surface area contributed by atoms with Crippen LogP contribution in [0.25, 0.3) is 22.3 Å². The van der Waals surface area contributed by atoms with E-state index >= 15 is 0 Å². The van der Waals surface area contributed by atoms with Gasteiger partial charge in [0.1, 0.15) is 0 Å². The van der Waals surface area contributed by atoms with E-state index in [2.05, 4.69) is 26.6 Å². The summed E-state index contributed by atoms with van der Waals surface area (Å²) < 4.78 is 18.3. The standard InChI is InChI=1S/C27H32N2O6Si/c1-7-14-23-15(8-9-36(4,5)6)17-13-29-19(10-16-20(30)12-22(31)35-26(16)27(29)32)24(17)28-18(23)11-21(33-2)25(14)34-3/h10-11,20,30H,7-9,12-13H2,1-6H3/t20-/m1/s1. The SMILES string of the molecule is CCc1c(OC)c(OC)cc2nc3c(c(CC[Si](C)(C)C)c12)Cn1c-3cc2c(c1=O)OC(=O)C[C@H]2O. The van der Waals surface area contributed by atoms with Crippen LogP contribution in [0.15, 0.2) is 16.9 Å². The van der Waals surface area contributed by atoms with E-state index in [0.717, 1.165) is 46.6 Å². The topological polar surface area (TPSA) is 99.9 Å². The van der Waals surface area contributed by atoms with E-state index in [9.17, 15) is 14.7 Å². The molecule has 0 saturated heterocycles. The Morgan fingerprint density at radius 3 is 2.56 bits per heavy atom. The number of fused-ring (bicyclic) bond motifs is 5. The van der Waals surface area contributed by atoms with Crippen LogP contribution >= 0.6 is 0 Å². The average molecular weight is 509 g/mol. The minimum Gasteiger partial charge on any atom is -0.493 e. The highest BCUT2D eigenvalue weighted by Gasteiger charge is 2.35. The Morgan fingerprint density at radius 2 is 1.92 bits per heavy atom. The van der Waals surface area contributed by atoms with Gasteiger partial charge in [0.25, 0.3) is 5.56 Å². The van der Waals surface area contributed by atoms with Crippen molar-refractivity contribution in [2.75, 3.05) is 14.2 Å². The number of aryl methyl sites for hydroxylation is 2. The van der Waals surface area contributed by atoms with Crippen molar-refractivity contribution in [2.45, 2.75) is 64.5 Å².